The zero-order valence-corrected chi connectivity index (χ0v) is 56.7. The minimum absolute atomic E-state index is 0.0868. The molecule has 4 aliphatic rings. The van der Waals surface area contributed by atoms with Gasteiger partial charge in [-0.25, -0.2) is 19.2 Å². The average molecular weight is 1240 g/mol. The van der Waals surface area contributed by atoms with Gasteiger partial charge in [-0.15, -0.1) is 0 Å². The predicted octanol–water partition coefficient (Wildman–Crippen LogP) is 12.9. The molecule has 0 atom stereocenters. The standard InChI is InChI=1S/C18H30O6.C18H32O5.C16H28O5.C15H26O4/c1-5-17(3,4)16(21)23-12-14(19)22-13-15(20)24-18(6-2)10-8-7-9-11-18;1-5-17(3,4)16(20)22-13-12-21-14-15(19)23-18(6-2)10-8-7-9-11-18;1-5-15(2,3)14(18)20-11-10-19-12-13(17)21-16(4)8-6-7-9-16;1-5-14(2,3)13(17)18-11-8-12(16)19-15(4)9-6-7-10-15/h5-13H2,1-4H3;5-14H2,1-4H3;5-12H2,1-4H3;5-11H2,1-4H3. The van der Waals surface area contributed by atoms with Gasteiger partial charge in [-0.1, -0.05) is 54.4 Å². The Hall–Kier alpha value is -4.85. The molecule has 4 saturated carbocycles. The molecule has 0 unspecified atom stereocenters. The molecule has 0 aliphatic heterocycles. The second-order valence-corrected chi connectivity index (χ2v) is 26.9. The maximum Gasteiger partial charge on any atom is 0.344 e. The molecular weight excluding hydrogens is 1120 g/mol. The summed E-state index contributed by atoms with van der Waals surface area (Å²) in [6.45, 7) is 30.0. The molecule has 87 heavy (non-hydrogen) atoms. The van der Waals surface area contributed by atoms with E-state index in [1.807, 2.05) is 90.0 Å². The van der Waals surface area contributed by atoms with Gasteiger partial charge in [-0.2, -0.15) is 0 Å². The zero-order chi connectivity index (χ0) is 66.0. The first-order valence-corrected chi connectivity index (χ1v) is 32.5. The van der Waals surface area contributed by atoms with Gasteiger partial charge in [0.25, 0.3) is 0 Å². The summed E-state index contributed by atoms with van der Waals surface area (Å²) in [7, 11) is 0. The lowest BCUT2D eigenvalue weighted by Gasteiger charge is -2.35. The molecule has 4 aliphatic carbocycles. The monoisotopic (exact) mass is 1240 g/mol. The normalized spacial score (nSPS) is 17.5. The molecule has 0 aromatic rings. The van der Waals surface area contributed by atoms with Crippen molar-refractivity contribution in [1.29, 1.82) is 0 Å². The second-order valence-electron chi connectivity index (χ2n) is 26.9. The van der Waals surface area contributed by atoms with Gasteiger partial charge in [0.05, 0.1) is 41.3 Å². The molecule has 0 aromatic heterocycles. The maximum absolute atomic E-state index is 11.9. The van der Waals surface area contributed by atoms with Gasteiger partial charge < -0.3 is 52.1 Å². The summed E-state index contributed by atoms with van der Waals surface area (Å²) in [6, 6.07) is 0. The fourth-order valence-corrected chi connectivity index (χ4v) is 9.66. The van der Waals surface area contributed by atoms with Gasteiger partial charge in [-0.05, 0) is 210 Å². The lowest BCUT2D eigenvalue weighted by Crippen LogP contribution is -2.38. The van der Waals surface area contributed by atoms with Crippen LogP contribution in [0.25, 0.3) is 0 Å². The van der Waals surface area contributed by atoms with E-state index in [9.17, 15) is 43.2 Å². The number of ether oxygens (including phenoxy) is 11. The maximum atomic E-state index is 11.9. The Morgan fingerprint density at radius 3 is 0.943 bits per heavy atom. The summed E-state index contributed by atoms with van der Waals surface area (Å²) in [5.74, 6) is -3.44. The fraction of sp³-hybridized carbons (Fsp3) is 0.866. The van der Waals surface area contributed by atoms with E-state index in [0.717, 1.165) is 135 Å². The highest BCUT2D eigenvalue weighted by Gasteiger charge is 2.38. The lowest BCUT2D eigenvalue weighted by atomic mass is 9.83. The molecule has 20 nitrogen and oxygen atoms in total. The molecule has 0 spiro atoms. The van der Waals surface area contributed by atoms with Crippen LogP contribution in [0.1, 0.15) is 271 Å². The SMILES string of the molecule is CCC(C)(C)C(=O)OCCC(=O)OC1(C)CCCC1.CCC(C)(C)C(=O)OCCOCC(=O)OC1(C)CCCC1.CCC1(OC(=O)COC(=O)COC(=O)C(C)(C)CC)CCCCC1.CCC1(OC(=O)COCCOC(=O)C(C)(C)CC)CCCCC1. The van der Waals surface area contributed by atoms with E-state index >= 15 is 0 Å². The molecule has 4 rings (SSSR count). The Morgan fingerprint density at radius 1 is 0.310 bits per heavy atom. The van der Waals surface area contributed by atoms with Crippen LogP contribution in [0.3, 0.4) is 0 Å². The summed E-state index contributed by atoms with van der Waals surface area (Å²) in [5.41, 5.74) is -3.42. The van der Waals surface area contributed by atoms with Crippen molar-refractivity contribution in [2.24, 2.45) is 21.7 Å². The van der Waals surface area contributed by atoms with Gasteiger partial charge in [-0.3, -0.25) is 24.0 Å². The van der Waals surface area contributed by atoms with E-state index in [1.165, 1.54) is 6.42 Å². The quantitative estimate of drug-likeness (QED) is 0.0355. The molecular formula is C67H116O20. The van der Waals surface area contributed by atoms with Crippen molar-refractivity contribution in [3.8, 4) is 0 Å². The van der Waals surface area contributed by atoms with Crippen LogP contribution < -0.4 is 0 Å². The molecule has 0 heterocycles. The van der Waals surface area contributed by atoms with Crippen LogP contribution in [0.2, 0.25) is 0 Å². The third kappa shape index (κ3) is 31.4. The Kier molecular flexibility index (Phi) is 36.2. The highest BCUT2D eigenvalue weighted by Crippen LogP contribution is 2.37. The van der Waals surface area contributed by atoms with Gasteiger partial charge >= 0.3 is 53.7 Å². The van der Waals surface area contributed by atoms with Crippen LogP contribution in [-0.4, -0.2) is 136 Å². The van der Waals surface area contributed by atoms with Gasteiger partial charge in [0.15, 0.2) is 13.2 Å². The summed E-state index contributed by atoms with van der Waals surface area (Å²) in [5, 5.41) is 0. The van der Waals surface area contributed by atoms with E-state index in [4.69, 9.17) is 52.1 Å². The molecule has 0 N–H and O–H groups in total. The summed E-state index contributed by atoms with van der Waals surface area (Å²) < 4.78 is 57.7. The number of hydrogen-bond acceptors (Lipinski definition) is 20. The predicted molar refractivity (Wildman–Crippen MR) is 328 cm³/mol. The van der Waals surface area contributed by atoms with Crippen molar-refractivity contribution in [3.63, 3.8) is 0 Å². The number of carbonyl (C=O) groups is 9. The molecule has 0 aromatic carbocycles. The summed E-state index contributed by atoms with van der Waals surface area (Å²) in [6.07, 6.45) is 22.9. The van der Waals surface area contributed by atoms with Gasteiger partial charge in [0, 0.05) is 0 Å². The number of rotatable bonds is 31. The molecule has 0 amide bonds. The number of esters is 9. The lowest BCUT2D eigenvalue weighted by molar-refractivity contribution is -0.176. The molecule has 504 valence electrons. The third-order valence-corrected chi connectivity index (χ3v) is 17.8. The Morgan fingerprint density at radius 2 is 0.598 bits per heavy atom. The van der Waals surface area contributed by atoms with E-state index in [0.29, 0.717) is 12.8 Å². The highest BCUT2D eigenvalue weighted by molar-refractivity contribution is 5.81. The van der Waals surface area contributed by atoms with Crippen molar-refractivity contribution < 1.29 is 95.3 Å². The van der Waals surface area contributed by atoms with Crippen molar-refractivity contribution in [3.05, 3.63) is 0 Å². The fourth-order valence-electron chi connectivity index (χ4n) is 9.66. The zero-order valence-electron chi connectivity index (χ0n) is 56.7. The second kappa shape index (κ2) is 39.3. The smallest absolute Gasteiger partial charge is 0.344 e. The molecule has 4 fully saturated rings. The van der Waals surface area contributed by atoms with Gasteiger partial charge in [0.2, 0.25) is 0 Å². The van der Waals surface area contributed by atoms with Crippen LogP contribution in [0.5, 0.6) is 0 Å². The Balaban J connectivity index is 0.000000582. The van der Waals surface area contributed by atoms with E-state index in [-0.39, 0.29) is 105 Å². The number of hydrogen-bond donors (Lipinski definition) is 0. The van der Waals surface area contributed by atoms with E-state index in [1.54, 1.807) is 13.8 Å². The molecule has 0 bridgehead atoms. The van der Waals surface area contributed by atoms with Crippen LogP contribution in [-0.2, 0) is 95.3 Å². The van der Waals surface area contributed by atoms with Crippen LogP contribution in [0, 0.1) is 21.7 Å². The van der Waals surface area contributed by atoms with Crippen LogP contribution in [0.4, 0.5) is 0 Å². The Bertz CT molecular complexity index is 2100. The first-order valence-electron chi connectivity index (χ1n) is 32.5. The summed E-state index contributed by atoms with van der Waals surface area (Å²) in [4.78, 5) is 106. The highest BCUT2D eigenvalue weighted by atomic mass is 16.6. The average Bonchev–Trinajstić information content (AvgIpc) is 4.16. The van der Waals surface area contributed by atoms with Crippen LogP contribution in [0.15, 0.2) is 0 Å². The first kappa shape index (κ1) is 80.2. The van der Waals surface area contributed by atoms with Crippen molar-refractivity contribution in [2.45, 2.75) is 294 Å². The van der Waals surface area contributed by atoms with Crippen molar-refractivity contribution >= 4 is 53.7 Å². The minimum Gasteiger partial charge on any atom is -0.465 e. The third-order valence-electron chi connectivity index (χ3n) is 17.8. The van der Waals surface area contributed by atoms with Crippen molar-refractivity contribution in [1.82, 2.24) is 0 Å². The van der Waals surface area contributed by atoms with E-state index < -0.39 is 58.4 Å². The first-order chi connectivity index (χ1) is 40.7. The topological polar surface area (TPSA) is 255 Å². The summed E-state index contributed by atoms with van der Waals surface area (Å²) >= 11 is 0. The molecule has 20 heteroatoms. The van der Waals surface area contributed by atoms with Crippen molar-refractivity contribution in [2.75, 3.05) is 59.5 Å². The van der Waals surface area contributed by atoms with Crippen LogP contribution >= 0.6 is 0 Å². The largest absolute Gasteiger partial charge is 0.465 e. The van der Waals surface area contributed by atoms with Gasteiger partial charge in [0.1, 0.15) is 55.4 Å². The minimum atomic E-state index is -0.749. The Labute approximate surface area is 522 Å². The molecule has 0 radical (unpaired) electrons. The molecule has 0 saturated heterocycles. The number of carbonyl (C=O) groups excluding carboxylic acids is 9. The van der Waals surface area contributed by atoms with E-state index in [2.05, 4.69) is 6.92 Å².